The summed E-state index contributed by atoms with van der Waals surface area (Å²) in [5.41, 5.74) is 1.80. The first-order chi connectivity index (χ1) is 14.0. The molecule has 3 rings (SSSR count). The third-order valence-corrected chi connectivity index (χ3v) is 4.06. The monoisotopic (exact) mass is 397 g/mol. The number of nitrogens with zero attached hydrogens (tertiary/aromatic N) is 3. The Balaban J connectivity index is 1.58. The van der Waals surface area contributed by atoms with E-state index in [1.165, 1.54) is 12.1 Å². The van der Waals surface area contributed by atoms with E-state index in [-0.39, 0.29) is 5.82 Å². The van der Waals surface area contributed by atoms with E-state index < -0.39 is 0 Å². The van der Waals surface area contributed by atoms with Crippen molar-refractivity contribution in [3.63, 3.8) is 0 Å². The van der Waals surface area contributed by atoms with Crippen LogP contribution in [0.5, 0.6) is 11.6 Å². The Hall–Kier alpha value is -3.42. The fourth-order valence-electron chi connectivity index (χ4n) is 2.50. The van der Waals surface area contributed by atoms with E-state index >= 15 is 0 Å². The Morgan fingerprint density at radius 1 is 1.21 bits per heavy atom. The first kappa shape index (κ1) is 20.3. The fourth-order valence-corrected chi connectivity index (χ4v) is 2.50. The minimum absolute atomic E-state index is 0.355. The maximum atomic E-state index is 13.2. The smallest absolute Gasteiger partial charge is 0.219 e. The number of hydrogen-bond donors (Lipinski definition) is 2. The van der Waals surface area contributed by atoms with Gasteiger partial charge in [-0.25, -0.2) is 19.4 Å². The second-order valence-electron chi connectivity index (χ2n) is 6.36. The highest BCUT2D eigenvalue weighted by Gasteiger charge is 2.07. The van der Waals surface area contributed by atoms with Crippen molar-refractivity contribution in [3.8, 4) is 11.6 Å². The van der Waals surface area contributed by atoms with Crippen molar-refractivity contribution in [2.24, 2.45) is 4.99 Å². The summed E-state index contributed by atoms with van der Waals surface area (Å²) >= 11 is 0. The minimum Gasteiger partial charge on any atom is -0.444 e. The molecule has 29 heavy (non-hydrogen) atoms. The van der Waals surface area contributed by atoms with Gasteiger partial charge in [-0.15, -0.1) is 0 Å². The lowest BCUT2D eigenvalue weighted by Crippen LogP contribution is -2.36. The average Bonchev–Trinajstić information content (AvgIpc) is 3.03. The molecule has 0 fully saturated rings. The van der Waals surface area contributed by atoms with Crippen LogP contribution in [-0.2, 0) is 13.1 Å². The van der Waals surface area contributed by atoms with Crippen LogP contribution in [0.3, 0.4) is 0 Å². The number of oxazole rings is 1. The molecule has 0 radical (unpaired) electrons. The Kier molecular flexibility index (Phi) is 6.78. The Bertz CT molecular complexity index is 950. The topological polar surface area (TPSA) is 84.6 Å². The summed E-state index contributed by atoms with van der Waals surface area (Å²) in [7, 11) is 0. The molecule has 1 aromatic carbocycles. The SMILES string of the molecule is CCNC(=NCc1ccc(Oc2cccc(F)c2)nc1)NCc1nc(C)c(C)o1. The summed E-state index contributed by atoms with van der Waals surface area (Å²) in [6.07, 6.45) is 1.68. The highest BCUT2D eigenvalue weighted by atomic mass is 19.1. The van der Waals surface area contributed by atoms with E-state index in [0.717, 1.165) is 23.6 Å². The van der Waals surface area contributed by atoms with Crippen LogP contribution in [0.2, 0.25) is 0 Å². The van der Waals surface area contributed by atoms with Gasteiger partial charge in [-0.3, -0.25) is 0 Å². The number of hydrogen-bond acceptors (Lipinski definition) is 5. The molecule has 0 bridgehead atoms. The van der Waals surface area contributed by atoms with E-state index in [9.17, 15) is 4.39 Å². The maximum absolute atomic E-state index is 13.2. The third kappa shape index (κ3) is 6.03. The number of ether oxygens (including phenoxy) is 1. The summed E-state index contributed by atoms with van der Waals surface area (Å²) < 4.78 is 24.3. The average molecular weight is 397 g/mol. The molecule has 0 aliphatic heterocycles. The van der Waals surface area contributed by atoms with Crippen LogP contribution in [0.25, 0.3) is 0 Å². The lowest BCUT2D eigenvalue weighted by molar-refractivity contribution is 0.457. The Morgan fingerprint density at radius 2 is 2.07 bits per heavy atom. The summed E-state index contributed by atoms with van der Waals surface area (Å²) in [6.45, 7) is 7.41. The van der Waals surface area contributed by atoms with Gasteiger partial charge >= 0.3 is 0 Å². The van der Waals surface area contributed by atoms with Crippen LogP contribution in [-0.4, -0.2) is 22.5 Å². The summed E-state index contributed by atoms with van der Waals surface area (Å²) in [5, 5.41) is 6.38. The van der Waals surface area contributed by atoms with Gasteiger partial charge in [0.25, 0.3) is 0 Å². The van der Waals surface area contributed by atoms with E-state index in [1.807, 2.05) is 26.8 Å². The number of nitrogens with one attached hydrogen (secondary N) is 2. The molecule has 2 N–H and O–H groups in total. The zero-order valence-corrected chi connectivity index (χ0v) is 16.7. The van der Waals surface area contributed by atoms with Gasteiger partial charge < -0.3 is 19.8 Å². The highest BCUT2D eigenvalue weighted by molar-refractivity contribution is 5.79. The van der Waals surface area contributed by atoms with Crippen molar-refractivity contribution in [1.29, 1.82) is 0 Å². The molecule has 7 nitrogen and oxygen atoms in total. The Morgan fingerprint density at radius 3 is 2.72 bits per heavy atom. The standard InChI is InChI=1S/C21H24FN5O2/c1-4-23-21(26-13-20-27-14(2)15(3)28-20)25-12-16-8-9-19(24-11-16)29-18-7-5-6-17(22)10-18/h5-11H,4,12-13H2,1-3H3,(H2,23,25,26). The number of benzene rings is 1. The molecule has 3 aromatic rings. The lowest BCUT2D eigenvalue weighted by atomic mass is 10.3. The minimum atomic E-state index is -0.355. The van der Waals surface area contributed by atoms with Crippen molar-refractivity contribution in [3.05, 3.63) is 71.3 Å². The van der Waals surface area contributed by atoms with Crippen molar-refractivity contribution in [1.82, 2.24) is 20.6 Å². The van der Waals surface area contributed by atoms with Gasteiger partial charge in [0.05, 0.1) is 18.8 Å². The second kappa shape index (κ2) is 9.68. The zero-order valence-electron chi connectivity index (χ0n) is 16.7. The van der Waals surface area contributed by atoms with Gasteiger partial charge in [0.1, 0.15) is 17.3 Å². The van der Waals surface area contributed by atoms with Crippen LogP contribution in [0.1, 0.15) is 29.8 Å². The van der Waals surface area contributed by atoms with Crippen molar-refractivity contribution >= 4 is 5.96 Å². The number of guanidine groups is 1. The van der Waals surface area contributed by atoms with Crippen molar-refractivity contribution in [2.45, 2.75) is 33.9 Å². The molecule has 2 heterocycles. The first-order valence-corrected chi connectivity index (χ1v) is 9.37. The predicted molar refractivity (Wildman–Crippen MR) is 108 cm³/mol. The van der Waals surface area contributed by atoms with Gasteiger partial charge in [0.2, 0.25) is 11.8 Å². The molecular formula is C21H24FN5O2. The van der Waals surface area contributed by atoms with Gasteiger partial charge in [0.15, 0.2) is 5.96 Å². The molecule has 0 aliphatic rings. The van der Waals surface area contributed by atoms with Gasteiger partial charge in [0, 0.05) is 24.9 Å². The van der Waals surface area contributed by atoms with Crippen molar-refractivity contribution in [2.75, 3.05) is 6.54 Å². The molecule has 0 amide bonds. The molecule has 0 unspecified atom stereocenters. The number of aryl methyl sites for hydroxylation is 2. The fraction of sp³-hybridized carbons (Fsp3) is 0.286. The van der Waals surface area contributed by atoms with Gasteiger partial charge in [-0.05, 0) is 38.5 Å². The summed E-state index contributed by atoms with van der Waals surface area (Å²) in [6, 6.07) is 9.54. The largest absolute Gasteiger partial charge is 0.444 e. The molecule has 152 valence electrons. The van der Waals surface area contributed by atoms with Crippen LogP contribution < -0.4 is 15.4 Å². The van der Waals surface area contributed by atoms with Crippen molar-refractivity contribution < 1.29 is 13.5 Å². The molecular weight excluding hydrogens is 373 g/mol. The zero-order chi connectivity index (χ0) is 20.6. The van der Waals surface area contributed by atoms with E-state index in [2.05, 4.69) is 25.6 Å². The number of aliphatic imine (C=N–C) groups is 1. The third-order valence-electron chi connectivity index (χ3n) is 4.06. The summed E-state index contributed by atoms with van der Waals surface area (Å²) in [5.74, 6) is 2.52. The number of halogens is 1. The molecule has 0 saturated heterocycles. The normalized spacial score (nSPS) is 11.4. The number of pyridine rings is 1. The molecule has 0 aliphatic carbocycles. The number of aromatic nitrogens is 2. The molecule has 0 saturated carbocycles. The van der Waals surface area contributed by atoms with Crippen LogP contribution in [0, 0.1) is 19.7 Å². The van der Waals surface area contributed by atoms with E-state index in [4.69, 9.17) is 9.15 Å². The predicted octanol–water partition coefficient (Wildman–Crippen LogP) is 3.87. The van der Waals surface area contributed by atoms with E-state index in [0.29, 0.717) is 36.6 Å². The molecule has 2 aromatic heterocycles. The molecule has 0 atom stereocenters. The maximum Gasteiger partial charge on any atom is 0.219 e. The van der Waals surface area contributed by atoms with E-state index in [1.54, 1.807) is 24.4 Å². The molecule has 0 spiro atoms. The van der Waals surface area contributed by atoms with Gasteiger partial charge in [-0.2, -0.15) is 0 Å². The number of rotatable bonds is 7. The van der Waals surface area contributed by atoms with Gasteiger partial charge in [-0.1, -0.05) is 12.1 Å². The van der Waals surface area contributed by atoms with Crippen LogP contribution in [0.15, 0.2) is 52.0 Å². The Labute approximate surface area is 169 Å². The summed E-state index contributed by atoms with van der Waals surface area (Å²) in [4.78, 5) is 13.2. The second-order valence-corrected chi connectivity index (χ2v) is 6.36. The van der Waals surface area contributed by atoms with Crippen LogP contribution in [0.4, 0.5) is 4.39 Å². The molecule has 8 heteroatoms. The van der Waals surface area contributed by atoms with Crippen LogP contribution >= 0.6 is 0 Å². The quantitative estimate of drug-likeness (QED) is 0.465. The highest BCUT2D eigenvalue weighted by Crippen LogP contribution is 2.20. The first-order valence-electron chi connectivity index (χ1n) is 9.37. The lowest BCUT2D eigenvalue weighted by Gasteiger charge is -2.10.